The molecule has 128 valence electrons. The third-order valence-corrected chi connectivity index (χ3v) is 3.89. The van der Waals surface area contributed by atoms with Crippen LogP contribution in [0.4, 0.5) is 10.3 Å². The van der Waals surface area contributed by atoms with E-state index in [1.54, 1.807) is 0 Å². The Bertz CT molecular complexity index is 858. The van der Waals surface area contributed by atoms with Crippen molar-refractivity contribution in [3.63, 3.8) is 0 Å². The first-order chi connectivity index (χ1) is 11.5. The van der Waals surface area contributed by atoms with Crippen molar-refractivity contribution in [3.05, 3.63) is 16.7 Å². The molecular weight excluding hydrogens is 323 g/mol. The largest absolute Gasteiger partial charge is 0.394 e. The van der Waals surface area contributed by atoms with Gasteiger partial charge in [-0.2, -0.15) is 10.2 Å². The first-order valence-corrected chi connectivity index (χ1v) is 7.18. The summed E-state index contributed by atoms with van der Waals surface area (Å²) >= 11 is 0. The van der Waals surface area contributed by atoms with Crippen LogP contribution in [0.5, 0.6) is 0 Å². The molecule has 2 aromatic heterocycles. The first kappa shape index (κ1) is 16.3. The zero-order chi connectivity index (χ0) is 17.4. The van der Waals surface area contributed by atoms with E-state index in [4.69, 9.17) is 20.8 Å². The summed E-state index contributed by atoms with van der Waals surface area (Å²) in [5.41, 5.74) is 5.24. The van der Waals surface area contributed by atoms with E-state index in [1.165, 1.54) is 10.8 Å². The lowest BCUT2D eigenvalue weighted by molar-refractivity contribution is -0.0513. The smallest absolute Gasteiger partial charge is 0.332 e. The molecule has 24 heavy (non-hydrogen) atoms. The maximum Gasteiger partial charge on any atom is 0.332 e. The summed E-state index contributed by atoms with van der Waals surface area (Å²) in [6.07, 6.45) is -4.78. The number of imidazole rings is 1. The molecule has 0 bridgehead atoms. The van der Waals surface area contributed by atoms with Crippen LogP contribution in [-0.4, -0.2) is 54.3 Å². The number of aromatic nitrogens is 4. The van der Waals surface area contributed by atoms with E-state index >= 15 is 0 Å². The molecule has 1 aliphatic rings. The molecular formula is C13H15FN6O4. The summed E-state index contributed by atoms with van der Waals surface area (Å²) in [5.74, 6) is -0.114. The maximum atomic E-state index is 14.0. The summed E-state index contributed by atoms with van der Waals surface area (Å²) in [6, 6.07) is 1.92. The van der Waals surface area contributed by atoms with Crippen molar-refractivity contribution in [2.45, 2.75) is 37.6 Å². The van der Waals surface area contributed by atoms with Crippen molar-refractivity contribution in [2.75, 3.05) is 12.3 Å². The number of nitrogen functional groups attached to an aromatic ring is 1. The number of aliphatic hydroxyl groups is 2. The Morgan fingerprint density at radius 2 is 2.29 bits per heavy atom. The average molecular weight is 338 g/mol. The van der Waals surface area contributed by atoms with Crippen LogP contribution < -0.4 is 11.4 Å². The van der Waals surface area contributed by atoms with Gasteiger partial charge in [-0.1, -0.05) is 0 Å². The third kappa shape index (κ3) is 2.41. The Labute approximate surface area is 134 Å². The number of nitrogens with two attached hydrogens (primary N) is 1. The standard InChI is InChI=1S/C13H15FN6O4/c14-8-7(5-21)24-11(9(8)22)20-10-6(4-17-12(16)18-10)19(13(20)23)3-1-2-15/h4,7-9,11,21-22H,1,3,5H2,(H2,16,17,18)/t7-,8-,9-,11-/m1/s1. The van der Waals surface area contributed by atoms with Gasteiger partial charge in [-0.3, -0.25) is 4.57 Å². The fourth-order valence-corrected chi connectivity index (χ4v) is 2.75. The normalized spacial score (nSPS) is 26.8. The lowest BCUT2D eigenvalue weighted by Crippen LogP contribution is -2.34. The number of rotatable bonds is 4. The van der Waals surface area contributed by atoms with Gasteiger partial charge in [0, 0.05) is 6.54 Å². The van der Waals surface area contributed by atoms with Crippen molar-refractivity contribution >= 4 is 17.1 Å². The summed E-state index contributed by atoms with van der Waals surface area (Å²) < 4.78 is 21.5. The zero-order valence-electron chi connectivity index (χ0n) is 12.4. The van der Waals surface area contributed by atoms with Gasteiger partial charge in [0.2, 0.25) is 5.95 Å². The summed E-state index contributed by atoms with van der Waals surface area (Å²) in [5, 5.41) is 27.9. The summed E-state index contributed by atoms with van der Waals surface area (Å²) in [7, 11) is 0. The van der Waals surface area contributed by atoms with E-state index in [0.29, 0.717) is 0 Å². The van der Waals surface area contributed by atoms with Crippen molar-refractivity contribution in [2.24, 2.45) is 0 Å². The lowest BCUT2D eigenvalue weighted by Gasteiger charge is -2.15. The van der Waals surface area contributed by atoms with Gasteiger partial charge in [-0.25, -0.2) is 18.7 Å². The van der Waals surface area contributed by atoms with E-state index in [2.05, 4.69) is 9.97 Å². The van der Waals surface area contributed by atoms with E-state index in [-0.39, 0.29) is 30.1 Å². The molecule has 0 unspecified atom stereocenters. The van der Waals surface area contributed by atoms with Crippen LogP contribution in [0.2, 0.25) is 0 Å². The molecule has 0 amide bonds. The molecule has 0 aliphatic carbocycles. The predicted octanol–water partition coefficient (Wildman–Crippen LogP) is -1.32. The van der Waals surface area contributed by atoms with Gasteiger partial charge in [0.15, 0.2) is 18.0 Å². The number of ether oxygens (including phenoxy) is 1. The molecule has 10 nitrogen and oxygen atoms in total. The number of nitriles is 1. The second-order valence-electron chi connectivity index (χ2n) is 5.33. The van der Waals surface area contributed by atoms with Crippen molar-refractivity contribution < 1.29 is 19.3 Å². The van der Waals surface area contributed by atoms with Gasteiger partial charge in [0.05, 0.1) is 25.3 Å². The number of aryl methyl sites for hydroxylation is 1. The van der Waals surface area contributed by atoms with Gasteiger partial charge in [-0.15, -0.1) is 0 Å². The lowest BCUT2D eigenvalue weighted by atomic mass is 10.1. The molecule has 0 aromatic carbocycles. The van der Waals surface area contributed by atoms with Gasteiger partial charge in [0.25, 0.3) is 0 Å². The van der Waals surface area contributed by atoms with Crippen LogP contribution in [0.3, 0.4) is 0 Å². The minimum absolute atomic E-state index is 0.0558. The molecule has 3 rings (SSSR count). The van der Waals surface area contributed by atoms with Crippen molar-refractivity contribution in [3.8, 4) is 6.07 Å². The van der Waals surface area contributed by atoms with Crippen LogP contribution in [-0.2, 0) is 11.3 Å². The highest BCUT2D eigenvalue weighted by Gasteiger charge is 2.46. The molecule has 1 aliphatic heterocycles. The fourth-order valence-electron chi connectivity index (χ4n) is 2.75. The number of fused-ring (bicyclic) bond motifs is 1. The average Bonchev–Trinajstić information content (AvgIpc) is 2.99. The van der Waals surface area contributed by atoms with Gasteiger partial charge in [0.1, 0.15) is 17.7 Å². The molecule has 11 heteroatoms. The Morgan fingerprint density at radius 1 is 1.54 bits per heavy atom. The molecule has 4 N–H and O–H groups in total. The quantitative estimate of drug-likeness (QED) is 0.620. The third-order valence-electron chi connectivity index (χ3n) is 3.89. The highest BCUT2D eigenvalue weighted by atomic mass is 19.1. The Hall–Kier alpha value is -2.55. The van der Waals surface area contributed by atoms with Crippen LogP contribution in [0.25, 0.3) is 11.2 Å². The number of alkyl halides is 1. The zero-order valence-corrected chi connectivity index (χ0v) is 12.4. The number of halogens is 1. The monoisotopic (exact) mass is 338 g/mol. The molecule has 0 spiro atoms. The maximum absolute atomic E-state index is 14.0. The molecule has 4 atom stereocenters. The van der Waals surface area contributed by atoms with Crippen LogP contribution in [0, 0.1) is 11.3 Å². The van der Waals surface area contributed by atoms with Gasteiger partial charge in [-0.05, 0) is 0 Å². The number of hydrogen-bond acceptors (Lipinski definition) is 8. The first-order valence-electron chi connectivity index (χ1n) is 7.18. The van der Waals surface area contributed by atoms with E-state index in [1.807, 2.05) is 6.07 Å². The SMILES string of the molecule is N#CCCn1c(=O)n([C@@H]2O[C@H](CO)[C@@H](F)[C@H]2O)c2nc(N)ncc21. The van der Waals surface area contributed by atoms with Crippen molar-refractivity contribution in [1.82, 2.24) is 19.1 Å². The molecule has 1 fully saturated rings. The van der Waals surface area contributed by atoms with Crippen LogP contribution >= 0.6 is 0 Å². The fraction of sp³-hybridized carbons (Fsp3) is 0.538. The molecule has 0 saturated carbocycles. The minimum atomic E-state index is -1.86. The Balaban J connectivity index is 2.17. The van der Waals surface area contributed by atoms with E-state index in [9.17, 15) is 14.3 Å². The van der Waals surface area contributed by atoms with E-state index in [0.717, 1.165) is 4.57 Å². The topological polar surface area (TPSA) is 152 Å². The minimum Gasteiger partial charge on any atom is -0.394 e. The predicted molar refractivity (Wildman–Crippen MR) is 78.3 cm³/mol. The molecule has 1 saturated heterocycles. The second kappa shape index (κ2) is 6.16. The van der Waals surface area contributed by atoms with Crippen molar-refractivity contribution in [1.29, 1.82) is 5.26 Å². The van der Waals surface area contributed by atoms with Crippen LogP contribution in [0.1, 0.15) is 12.6 Å². The number of anilines is 1. The highest BCUT2D eigenvalue weighted by Crippen LogP contribution is 2.32. The highest BCUT2D eigenvalue weighted by molar-refractivity contribution is 5.72. The molecule has 3 heterocycles. The number of nitrogens with zero attached hydrogens (tertiary/aromatic N) is 5. The second-order valence-corrected chi connectivity index (χ2v) is 5.33. The van der Waals surface area contributed by atoms with Crippen LogP contribution in [0.15, 0.2) is 11.0 Å². The number of hydrogen-bond donors (Lipinski definition) is 3. The Kier molecular flexibility index (Phi) is 4.18. The molecule has 2 aromatic rings. The van der Waals surface area contributed by atoms with Gasteiger partial charge >= 0.3 is 5.69 Å². The van der Waals surface area contributed by atoms with E-state index < -0.39 is 36.9 Å². The number of aliphatic hydroxyl groups excluding tert-OH is 2. The summed E-state index contributed by atoms with van der Waals surface area (Å²) in [6.45, 7) is -0.578. The molecule has 0 radical (unpaired) electrons. The van der Waals surface area contributed by atoms with Gasteiger partial charge < -0.3 is 20.7 Å². The summed E-state index contributed by atoms with van der Waals surface area (Å²) in [4.78, 5) is 20.5. The Morgan fingerprint density at radius 3 is 2.92 bits per heavy atom.